The van der Waals surface area contributed by atoms with Gasteiger partial charge in [0.15, 0.2) is 5.13 Å². The number of thiazole rings is 1. The third-order valence-electron chi connectivity index (χ3n) is 3.78. The average Bonchev–Trinajstić information content (AvgIpc) is 3.08. The Morgan fingerprint density at radius 1 is 1.07 bits per heavy atom. The van der Waals surface area contributed by atoms with Crippen LogP contribution < -0.4 is 10.0 Å². The molecule has 0 saturated heterocycles. The van der Waals surface area contributed by atoms with E-state index in [0.717, 1.165) is 22.5 Å². The van der Waals surface area contributed by atoms with E-state index in [1.165, 1.54) is 12.1 Å². The van der Waals surface area contributed by atoms with Crippen molar-refractivity contribution in [3.63, 3.8) is 0 Å². The van der Waals surface area contributed by atoms with Gasteiger partial charge in [-0.05, 0) is 24.6 Å². The number of sulfonamides is 1. The molecule has 0 saturated carbocycles. The molecule has 0 spiro atoms. The maximum absolute atomic E-state index is 12.3. The normalized spacial score (nSPS) is 11.1. The number of nitrogens with zero attached hydrogens (tertiary/aromatic N) is 1. The van der Waals surface area contributed by atoms with Crippen molar-refractivity contribution >= 4 is 32.4 Å². The summed E-state index contributed by atoms with van der Waals surface area (Å²) in [7, 11) is -3.68. The SMILES string of the molecule is Cc1ccc(CNC(=O)Cc2csc(NS(=O)(=O)c3ccccc3)n2)cc1. The fraction of sp³-hybridized carbons (Fsp3) is 0.158. The maximum Gasteiger partial charge on any atom is 0.263 e. The van der Waals surface area contributed by atoms with Crippen LogP contribution in [0.15, 0.2) is 64.9 Å². The van der Waals surface area contributed by atoms with Crippen LogP contribution in [-0.2, 0) is 27.8 Å². The number of nitrogens with one attached hydrogen (secondary N) is 2. The first kappa shape index (κ1) is 19.1. The third-order valence-corrected chi connectivity index (χ3v) is 6.07. The molecule has 2 aromatic carbocycles. The summed E-state index contributed by atoms with van der Waals surface area (Å²) < 4.78 is 27.0. The van der Waals surface area contributed by atoms with E-state index >= 15 is 0 Å². The van der Waals surface area contributed by atoms with E-state index in [9.17, 15) is 13.2 Å². The molecule has 3 aromatic rings. The number of anilines is 1. The van der Waals surface area contributed by atoms with Gasteiger partial charge in [-0.15, -0.1) is 11.3 Å². The number of aryl methyl sites for hydroxylation is 1. The lowest BCUT2D eigenvalue weighted by molar-refractivity contribution is -0.120. The number of aromatic nitrogens is 1. The van der Waals surface area contributed by atoms with Crippen molar-refractivity contribution in [1.82, 2.24) is 10.3 Å². The molecular formula is C19H19N3O3S2. The molecule has 27 heavy (non-hydrogen) atoms. The third kappa shape index (κ3) is 5.38. The van der Waals surface area contributed by atoms with Crippen molar-refractivity contribution in [2.45, 2.75) is 24.8 Å². The van der Waals surface area contributed by atoms with Crippen LogP contribution in [0.5, 0.6) is 0 Å². The second-order valence-electron chi connectivity index (χ2n) is 6.00. The van der Waals surface area contributed by atoms with Gasteiger partial charge in [-0.2, -0.15) is 0 Å². The van der Waals surface area contributed by atoms with E-state index in [4.69, 9.17) is 0 Å². The number of hydrogen-bond acceptors (Lipinski definition) is 5. The number of hydrogen-bond donors (Lipinski definition) is 2. The number of rotatable bonds is 7. The highest BCUT2D eigenvalue weighted by molar-refractivity contribution is 7.93. The fourth-order valence-corrected chi connectivity index (χ4v) is 4.33. The summed E-state index contributed by atoms with van der Waals surface area (Å²) >= 11 is 1.15. The topological polar surface area (TPSA) is 88.2 Å². The monoisotopic (exact) mass is 401 g/mol. The van der Waals surface area contributed by atoms with E-state index in [1.54, 1.807) is 23.6 Å². The Balaban J connectivity index is 1.56. The van der Waals surface area contributed by atoms with E-state index in [2.05, 4.69) is 15.0 Å². The Morgan fingerprint density at radius 2 is 1.78 bits per heavy atom. The maximum atomic E-state index is 12.3. The van der Waals surface area contributed by atoms with Gasteiger partial charge in [0.05, 0.1) is 17.0 Å². The Kier molecular flexibility index (Phi) is 5.88. The van der Waals surface area contributed by atoms with E-state index in [-0.39, 0.29) is 22.4 Å². The standard InChI is InChI=1S/C19H19N3O3S2/c1-14-7-9-15(10-8-14)12-20-18(23)11-16-13-26-19(21-16)22-27(24,25)17-5-3-2-4-6-17/h2-10,13H,11-12H2,1H3,(H,20,23)(H,21,22). The summed E-state index contributed by atoms with van der Waals surface area (Å²) in [5.41, 5.74) is 2.70. The van der Waals surface area contributed by atoms with Gasteiger partial charge < -0.3 is 5.32 Å². The molecule has 0 unspecified atom stereocenters. The van der Waals surface area contributed by atoms with Crippen LogP contribution in [0.1, 0.15) is 16.8 Å². The zero-order chi connectivity index (χ0) is 19.3. The van der Waals surface area contributed by atoms with E-state index in [1.807, 2.05) is 31.2 Å². The smallest absolute Gasteiger partial charge is 0.263 e. The molecule has 0 aliphatic heterocycles. The van der Waals surface area contributed by atoms with Crippen LogP contribution in [0, 0.1) is 6.92 Å². The van der Waals surface area contributed by atoms with Crippen molar-refractivity contribution in [3.05, 3.63) is 76.8 Å². The van der Waals surface area contributed by atoms with E-state index in [0.29, 0.717) is 12.2 Å². The molecule has 3 rings (SSSR count). The molecule has 1 aromatic heterocycles. The molecule has 1 heterocycles. The summed E-state index contributed by atoms with van der Waals surface area (Å²) in [4.78, 5) is 16.4. The van der Waals surface area contributed by atoms with Crippen molar-refractivity contribution in [3.8, 4) is 0 Å². The van der Waals surface area contributed by atoms with Crippen molar-refractivity contribution in [1.29, 1.82) is 0 Å². The minimum atomic E-state index is -3.68. The summed E-state index contributed by atoms with van der Waals surface area (Å²) in [6.45, 7) is 2.45. The fourth-order valence-electron chi connectivity index (χ4n) is 2.34. The lowest BCUT2D eigenvalue weighted by Gasteiger charge is -2.05. The van der Waals surface area contributed by atoms with Gasteiger partial charge in [0.1, 0.15) is 0 Å². The van der Waals surface area contributed by atoms with Crippen LogP contribution in [0.4, 0.5) is 5.13 Å². The van der Waals surface area contributed by atoms with Crippen LogP contribution in [0.3, 0.4) is 0 Å². The molecule has 8 heteroatoms. The van der Waals surface area contributed by atoms with E-state index < -0.39 is 10.0 Å². The van der Waals surface area contributed by atoms with Gasteiger partial charge in [-0.25, -0.2) is 13.4 Å². The van der Waals surface area contributed by atoms with Crippen LogP contribution in [-0.4, -0.2) is 19.3 Å². The number of benzene rings is 2. The number of carbonyl (C=O) groups is 1. The Hall–Kier alpha value is -2.71. The van der Waals surface area contributed by atoms with Gasteiger partial charge in [0.25, 0.3) is 10.0 Å². The first-order chi connectivity index (χ1) is 12.9. The Bertz CT molecular complexity index is 1010. The first-order valence-corrected chi connectivity index (χ1v) is 10.6. The van der Waals surface area contributed by atoms with Crippen LogP contribution >= 0.6 is 11.3 Å². The second kappa shape index (κ2) is 8.32. The highest BCUT2D eigenvalue weighted by Gasteiger charge is 2.16. The van der Waals surface area contributed by atoms with Crippen LogP contribution in [0.25, 0.3) is 0 Å². The van der Waals surface area contributed by atoms with Gasteiger partial charge in [-0.1, -0.05) is 48.0 Å². The summed E-state index contributed by atoms with van der Waals surface area (Å²) in [5.74, 6) is -0.168. The molecule has 0 atom stereocenters. The Labute approximate surface area is 162 Å². The van der Waals surface area contributed by atoms with Gasteiger partial charge in [0, 0.05) is 11.9 Å². The summed E-state index contributed by atoms with van der Waals surface area (Å²) in [6.07, 6.45) is 0.0927. The van der Waals surface area contributed by atoms with Crippen molar-refractivity contribution in [2.24, 2.45) is 0 Å². The zero-order valence-corrected chi connectivity index (χ0v) is 16.3. The highest BCUT2D eigenvalue weighted by Crippen LogP contribution is 2.20. The minimum Gasteiger partial charge on any atom is -0.352 e. The number of amides is 1. The molecule has 6 nitrogen and oxygen atoms in total. The molecule has 2 N–H and O–H groups in total. The van der Waals surface area contributed by atoms with Crippen LogP contribution in [0.2, 0.25) is 0 Å². The van der Waals surface area contributed by atoms with Gasteiger partial charge in [-0.3, -0.25) is 9.52 Å². The molecular weight excluding hydrogens is 382 g/mol. The zero-order valence-electron chi connectivity index (χ0n) is 14.7. The molecule has 0 radical (unpaired) electrons. The lowest BCUT2D eigenvalue weighted by Crippen LogP contribution is -2.24. The molecule has 0 bridgehead atoms. The predicted octanol–water partition coefficient (Wildman–Crippen LogP) is 3.11. The molecule has 1 amide bonds. The molecule has 0 aliphatic rings. The second-order valence-corrected chi connectivity index (χ2v) is 8.54. The molecule has 0 aliphatic carbocycles. The van der Waals surface area contributed by atoms with Gasteiger partial charge >= 0.3 is 0 Å². The minimum absolute atomic E-state index is 0.0927. The quantitative estimate of drug-likeness (QED) is 0.637. The molecule has 140 valence electrons. The highest BCUT2D eigenvalue weighted by atomic mass is 32.2. The predicted molar refractivity (Wildman–Crippen MR) is 106 cm³/mol. The summed E-state index contributed by atoms with van der Waals surface area (Å²) in [6, 6.07) is 16.0. The first-order valence-electron chi connectivity index (χ1n) is 8.27. The summed E-state index contributed by atoms with van der Waals surface area (Å²) in [5, 5.41) is 4.75. The average molecular weight is 402 g/mol. The van der Waals surface area contributed by atoms with Crippen molar-refractivity contribution < 1.29 is 13.2 Å². The lowest BCUT2D eigenvalue weighted by atomic mass is 10.1. The largest absolute Gasteiger partial charge is 0.352 e. The number of carbonyl (C=O) groups excluding carboxylic acids is 1. The molecule has 0 fully saturated rings. The Morgan fingerprint density at radius 3 is 2.48 bits per heavy atom. The van der Waals surface area contributed by atoms with Crippen molar-refractivity contribution in [2.75, 3.05) is 4.72 Å². The van der Waals surface area contributed by atoms with Gasteiger partial charge in [0.2, 0.25) is 5.91 Å².